The molecule has 0 saturated carbocycles. The summed E-state index contributed by atoms with van der Waals surface area (Å²) in [6, 6.07) is 4.97. The van der Waals surface area contributed by atoms with Crippen molar-refractivity contribution < 1.29 is 17.9 Å². The van der Waals surface area contributed by atoms with E-state index >= 15 is 0 Å². The number of halogens is 4. The minimum Gasteiger partial charge on any atom is -0.492 e. The van der Waals surface area contributed by atoms with E-state index in [2.05, 4.69) is 0 Å². The first-order valence-electron chi connectivity index (χ1n) is 5.51. The highest BCUT2D eigenvalue weighted by Gasteiger charge is 2.26. The first-order valence-corrected chi connectivity index (χ1v) is 5.89. The van der Waals surface area contributed by atoms with Gasteiger partial charge in [0.05, 0.1) is 18.1 Å². The largest absolute Gasteiger partial charge is 0.492 e. The van der Waals surface area contributed by atoms with E-state index in [0.29, 0.717) is 11.4 Å². The van der Waals surface area contributed by atoms with Crippen molar-refractivity contribution in [2.75, 3.05) is 6.61 Å². The first kappa shape index (κ1) is 15.1. The molecule has 1 atom stereocenters. The summed E-state index contributed by atoms with van der Waals surface area (Å²) in [6.45, 7) is 1.43. The monoisotopic (exact) mass is 281 g/mol. The first-order chi connectivity index (χ1) is 8.28. The average Bonchev–Trinajstić information content (AvgIpc) is 2.18. The van der Waals surface area contributed by atoms with E-state index in [9.17, 15) is 13.2 Å². The van der Waals surface area contributed by atoms with Gasteiger partial charge in [0.2, 0.25) is 0 Å². The molecule has 0 radical (unpaired) electrons. The second-order valence-electron chi connectivity index (χ2n) is 4.16. The average molecular weight is 282 g/mol. The van der Waals surface area contributed by atoms with Crippen molar-refractivity contribution in [1.29, 1.82) is 0 Å². The number of hydrogen-bond acceptors (Lipinski definition) is 2. The van der Waals surface area contributed by atoms with Gasteiger partial charge in [-0.05, 0) is 31.0 Å². The van der Waals surface area contributed by atoms with E-state index in [0.717, 1.165) is 5.56 Å². The molecule has 102 valence electrons. The number of ether oxygens (including phenoxy) is 1. The van der Waals surface area contributed by atoms with Gasteiger partial charge in [0.15, 0.2) is 0 Å². The van der Waals surface area contributed by atoms with Gasteiger partial charge in [-0.3, -0.25) is 0 Å². The van der Waals surface area contributed by atoms with Crippen molar-refractivity contribution >= 4 is 11.6 Å². The molecule has 0 aliphatic heterocycles. The van der Waals surface area contributed by atoms with Crippen LogP contribution in [0.5, 0.6) is 5.75 Å². The summed E-state index contributed by atoms with van der Waals surface area (Å²) in [5.41, 5.74) is 6.57. The van der Waals surface area contributed by atoms with Crippen LogP contribution in [0.15, 0.2) is 18.2 Å². The Morgan fingerprint density at radius 2 is 2.06 bits per heavy atom. The Morgan fingerprint density at radius 1 is 1.39 bits per heavy atom. The Labute approximate surface area is 109 Å². The normalized spacial score (nSPS) is 13.4. The van der Waals surface area contributed by atoms with Crippen molar-refractivity contribution in [2.45, 2.75) is 32.0 Å². The SMILES string of the molecule is CC(N)Cc1ccc(OCCC(F)(F)F)c(Cl)c1. The maximum atomic E-state index is 11.9. The highest BCUT2D eigenvalue weighted by Crippen LogP contribution is 2.27. The van der Waals surface area contributed by atoms with Crippen LogP contribution >= 0.6 is 11.6 Å². The summed E-state index contributed by atoms with van der Waals surface area (Å²) in [5, 5.41) is 0.301. The molecule has 18 heavy (non-hydrogen) atoms. The molecular formula is C12H15ClF3NO. The van der Waals surface area contributed by atoms with Gasteiger partial charge < -0.3 is 10.5 Å². The van der Waals surface area contributed by atoms with Gasteiger partial charge in [-0.15, -0.1) is 0 Å². The molecular weight excluding hydrogens is 267 g/mol. The number of nitrogens with two attached hydrogens (primary N) is 1. The van der Waals surface area contributed by atoms with E-state index < -0.39 is 19.2 Å². The summed E-state index contributed by atoms with van der Waals surface area (Å²) in [5.74, 6) is 0.259. The fourth-order valence-electron chi connectivity index (χ4n) is 1.44. The minimum absolute atomic E-state index is 0.00179. The minimum atomic E-state index is -4.22. The van der Waals surface area contributed by atoms with E-state index in [1.165, 1.54) is 0 Å². The van der Waals surface area contributed by atoms with Crippen LogP contribution in [-0.2, 0) is 6.42 Å². The topological polar surface area (TPSA) is 35.2 Å². The molecule has 0 aromatic heterocycles. The number of rotatable bonds is 5. The molecule has 6 heteroatoms. The zero-order valence-electron chi connectivity index (χ0n) is 9.93. The summed E-state index contributed by atoms with van der Waals surface area (Å²) < 4.78 is 40.8. The van der Waals surface area contributed by atoms with Gasteiger partial charge in [-0.2, -0.15) is 13.2 Å². The summed E-state index contributed by atoms with van der Waals surface area (Å²) in [6.07, 6.45) is -4.56. The Hall–Kier alpha value is -0.940. The number of hydrogen-bond donors (Lipinski definition) is 1. The molecule has 0 bridgehead atoms. The van der Waals surface area contributed by atoms with E-state index in [4.69, 9.17) is 22.1 Å². The lowest BCUT2D eigenvalue weighted by atomic mass is 10.1. The Kier molecular flexibility index (Phi) is 5.28. The van der Waals surface area contributed by atoms with Crippen molar-refractivity contribution in [2.24, 2.45) is 5.73 Å². The standard InChI is InChI=1S/C12H15ClF3NO/c1-8(17)6-9-2-3-11(10(13)7-9)18-5-4-12(14,15)16/h2-3,7-8H,4-6,17H2,1H3. The molecule has 0 aliphatic carbocycles. The maximum Gasteiger partial charge on any atom is 0.392 e. The molecule has 1 aromatic carbocycles. The molecule has 0 saturated heterocycles. The van der Waals surface area contributed by atoms with Crippen LogP contribution in [0.1, 0.15) is 18.9 Å². The summed E-state index contributed by atoms with van der Waals surface area (Å²) in [4.78, 5) is 0. The third-order valence-corrected chi connectivity index (χ3v) is 2.49. The van der Waals surface area contributed by atoms with Gasteiger partial charge >= 0.3 is 6.18 Å². The highest BCUT2D eigenvalue weighted by atomic mass is 35.5. The molecule has 0 heterocycles. The molecule has 2 N–H and O–H groups in total. The molecule has 0 fully saturated rings. The van der Waals surface area contributed by atoms with Crippen molar-refractivity contribution in [3.8, 4) is 5.75 Å². The molecule has 0 spiro atoms. The second kappa shape index (κ2) is 6.29. The van der Waals surface area contributed by atoms with Gasteiger partial charge in [0, 0.05) is 6.04 Å². The van der Waals surface area contributed by atoms with Crippen LogP contribution in [0, 0.1) is 0 Å². The summed E-state index contributed by atoms with van der Waals surface area (Å²) in [7, 11) is 0. The van der Waals surface area contributed by atoms with Crippen LogP contribution in [0.25, 0.3) is 0 Å². The molecule has 0 aliphatic rings. The van der Waals surface area contributed by atoms with Gasteiger partial charge in [-0.1, -0.05) is 17.7 Å². The van der Waals surface area contributed by atoms with Crippen LogP contribution < -0.4 is 10.5 Å². The number of alkyl halides is 3. The Bertz CT molecular complexity index is 393. The van der Waals surface area contributed by atoms with Crippen molar-refractivity contribution in [3.05, 3.63) is 28.8 Å². The van der Waals surface area contributed by atoms with Crippen molar-refractivity contribution in [1.82, 2.24) is 0 Å². The quantitative estimate of drug-likeness (QED) is 0.896. The highest BCUT2D eigenvalue weighted by molar-refractivity contribution is 6.32. The predicted molar refractivity (Wildman–Crippen MR) is 65.0 cm³/mol. The lowest BCUT2D eigenvalue weighted by Gasteiger charge is -2.11. The summed E-state index contributed by atoms with van der Waals surface area (Å²) >= 11 is 5.92. The third kappa shape index (κ3) is 5.60. The van der Waals surface area contributed by atoms with E-state index in [1.807, 2.05) is 6.92 Å². The zero-order valence-corrected chi connectivity index (χ0v) is 10.7. The van der Waals surface area contributed by atoms with Gasteiger partial charge in [-0.25, -0.2) is 0 Å². The number of benzene rings is 1. The smallest absolute Gasteiger partial charge is 0.392 e. The fourth-order valence-corrected chi connectivity index (χ4v) is 1.69. The van der Waals surface area contributed by atoms with Crippen LogP contribution in [0.4, 0.5) is 13.2 Å². The Balaban J connectivity index is 2.57. The van der Waals surface area contributed by atoms with Crippen LogP contribution in [0.2, 0.25) is 5.02 Å². The Morgan fingerprint density at radius 3 is 2.56 bits per heavy atom. The second-order valence-corrected chi connectivity index (χ2v) is 4.57. The lowest BCUT2D eigenvalue weighted by Crippen LogP contribution is -2.17. The van der Waals surface area contributed by atoms with Gasteiger partial charge in [0.25, 0.3) is 0 Å². The molecule has 2 nitrogen and oxygen atoms in total. The molecule has 1 unspecified atom stereocenters. The predicted octanol–water partition coefficient (Wildman–Crippen LogP) is 3.56. The van der Waals surface area contributed by atoms with E-state index in [1.54, 1.807) is 18.2 Å². The lowest BCUT2D eigenvalue weighted by molar-refractivity contribution is -0.139. The van der Waals surface area contributed by atoms with Crippen LogP contribution in [0.3, 0.4) is 0 Å². The fraction of sp³-hybridized carbons (Fsp3) is 0.500. The molecule has 1 rings (SSSR count). The van der Waals surface area contributed by atoms with E-state index in [-0.39, 0.29) is 11.8 Å². The zero-order chi connectivity index (χ0) is 13.8. The van der Waals surface area contributed by atoms with Crippen molar-refractivity contribution in [3.63, 3.8) is 0 Å². The molecule has 0 amide bonds. The molecule has 1 aromatic rings. The van der Waals surface area contributed by atoms with Crippen LogP contribution in [-0.4, -0.2) is 18.8 Å². The third-order valence-electron chi connectivity index (χ3n) is 2.20. The van der Waals surface area contributed by atoms with Gasteiger partial charge in [0.1, 0.15) is 5.75 Å². The maximum absolute atomic E-state index is 11.9.